The third kappa shape index (κ3) is 4.30. The van der Waals surface area contributed by atoms with Gasteiger partial charge in [-0.15, -0.1) is 0 Å². The normalized spacial score (nSPS) is 38.0. The van der Waals surface area contributed by atoms with Gasteiger partial charge in [0.15, 0.2) is 0 Å². The predicted molar refractivity (Wildman–Crippen MR) is 89.6 cm³/mol. The summed E-state index contributed by atoms with van der Waals surface area (Å²) in [6, 6.07) is 3.55. The lowest BCUT2D eigenvalue weighted by Crippen LogP contribution is -2.56. The van der Waals surface area contributed by atoms with Crippen LogP contribution in [-0.4, -0.2) is 29.1 Å². The zero-order valence-electron chi connectivity index (χ0n) is 23.0. The van der Waals surface area contributed by atoms with Crippen LogP contribution in [0.25, 0.3) is 0 Å². The summed E-state index contributed by atoms with van der Waals surface area (Å²) < 4.78 is 95.4. The number of hydrogen-bond donors (Lipinski definition) is 0. The first-order valence-electron chi connectivity index (χ1n) is 11.8. The number of morpholine rings is 1. The van der Waals surface area contributed by atoms with Crippen LogP contribution in [0.15, 0.2) is 18.2 Å². The molecule has 1 heterocycles. The van der Waals surface area contributed by atoms with Gasteiger partial charge < -0.3 is 4.74 Å². The molecule has 0 spiro atoms. The van der Waals surface area contributed by atoms with Gasteiger partial charge in [-0.2, -0.15) is 0 Å². The zero-order chi connectivity index (χ0) is 24.6. The molecule has 1 aromatic carbocycles. The zero-order valence-corrected chi connectivity index (χ0v) is 14.0. The molecule has 0 saturated carbocycles. The second kappa shape index (κ2) is 5.61. The lowest BCUT2D eigenvalue weighted by Gasteiger charge is -2.47. The van der Waals surface area contributed by atoms with E-state index in [9.17, 15) is 4.39 Å². The van der Waals surface area contributed by atoms with E-state index in [0.717, 1.165) is 13.0 Å². The number of rotatable bonds is 2. The standard InChI is InChI=1S/C19H30FNO/c1-17(2,3)15-9-8-14(10-16(15)20)11-21-12-18(4,5)22-19(6,7)13-21/h8-10H,11-13H2,1-7H3/i4D3,11D2,12D2,13D2. The fourth-order valence-electron chi connectivity index (χ4n) is 2.44. The molecule has 2 rings (SSSR count). The van der Waals surface area contributed by atoms with E-state index in [2.05, 4.69) is 0 Å². The van der Waals surface area contributed by atoms with E-state index in [-0.39, 0.29) is 10.5 Å². The largest absolute Gasteiger partial charge is 0.367 e. The Morgan fingerprint density at radius 3 is 2.50 bits per heavy atom. The highest BCUT2D eigenvalue weighted by atomic mass is 19.1. The molecule has 22 heavy (non-hydrogen) atoms. The number of benzene rings is 1. The molecule has 124 valence electrons. The van der Waals surface area contributed by atoms with Crippen LogP contribution in [0.1, 0.15) is 71.9 Å². The summed E-state index contributed by atoms with van der Waals surface area (Å²) in [5.74, 6) is -0.721. The minimum Gasteiger partial charge on any atom is -0.367 e. The number of hydrogen-bond acceptors (Lipinski definition) is 2. The Kier molecular flexibility index (Phi) is 2.24. The SMILES string of the molecule is [2H]C([2H])(c1ccc(C(C)(C)C)c(F)c1)N1C([2H])([2H])C(C)(C)OC(C)(C([2H])([2H])[2H])C1([2H])[2H]. The van der Waals surface area contributed by atoms with Crippen molar-refractivity contribution < 1.29 is 21.5 Å². The van der Waals surface area contributed by atoms with E-state index in [4.69, 9.17) is 17.1 Å². The Bertz CT molecular complexity index is 861. The molecule has 0 aliphatic carbocycles. The van der Waals surface area contributed by atoms with Gasteiger partial charge in [-0.1, -0.05) is 32.9 Å². The second-order valence-corrected chi connectivity index (χ2v) is 7.26. The summed E-state index contributed by atoms with van der Waals surface area (Å²) in [4.78, 5) is 0.231. The van der Waals surface area contributed by atoms with Crippen molar-refractivity contribution in [1.29, 1.82) is 0 Å². The maximum atomic E-state index is 14.8. The quantitative estimate of drug-likeness (QED) is 0.796. The Morgan fingerprint density at radius 1 is 1.32 bits per heavy atom. The number of halogens is 1. The van der Waals surface area contributed by atoms with Crippen LogP contribution < -0.4 is 0 Å². The minimum absolute atomic E-state index is 0.231. The van der Waals surface area contributed by atoms with E-state index in [1.165, 1.54) is 26.0 Å². The summed E-state index contributed by atoms with van der Waals surface area (Å²) in [7, 11) is 0. The Balaban J connectivity index is 2.79. The van der Waals surface area contributed by atoms with Crippen molar-refractivity contribution in [3.8, 4) is 0 Å². The summed E-state index contributed by atoms with van der Waals surface area (Å²) in [6.45, 7) is -3.13. The van der Waals surface area contributed by atoms with Crippen LogP contribution in [0, 0.1) is 5.82 Å². The second-order valence-electron chi connectivity index (χ2n) is 7.26. The van der Waals surface area contributed by atoms with Crippen LogP contribution >= 0.6 is 0 Å². The Hall–Kier alpha value is -0.930. The van der Waals surface area contributed by atoms with E-state index < -0.39 is 48.8 Å². The fourth-order valence-corrected chi connectivity index (χ4v) is 2.44. The summed E-state index contributed by atoms with van der Waals surface area (Å²) in [5.41, 5.74) is -5.09. The molecule has 1 fully saturated rings. The van der Waals surface area contributed by atoms with E-state index in [1.54, 1.807) is 20.8 Å². The van der Waals surface area contributed by atoms with Crippen molar-refractivity contribution in [3.63, 3.8) is 0 Å². The third-order valence-corrected chi connectivity index (χ3v) is 3.18. The van der Waals surface area contributed by atoms with Gasteiger partial charge in [0.1, 0.15) is 5.82 Å². The maximum absolute atomic E-state index is 14.8. The molecule has 0 amide bonds. The number of nitrogens with zero attached hydrogens (tertiary/aromatic N) is 1. The van der Waals surface area contributed by atoms with Crippen molar-refractivity contribution in [3.05, 3.63) is 35.1 Å². The van der Waals surface area contributed by atoms with Gasteiger partial charge in [-0.05, 0) is 50.2 Å². The molecule has 0 radical (unpaired) electrons. The molecule has 0 aromatic heterocycles. The molecule has 1 aliphatic heterocycles. The first-order chi connectivity index (χ1) is 13.4. The summed E-state index contributed by atoms with van der Waals surface area (Å²) in [5, 5.41) is 0. The van der Waals surface area contributed by atoms with Crippen molar-refractivity contribution >= 4 is 0 Å². The van der Waals surface area contributed by atoms with Gasteiger partial charge in [0.25, 0.3) is 0 Å². The molecule has 0 bridgehead atoms. The minimum atomic E-state index is -3.14. The molecular weight excluding hydrogens is 277 g/mol. The molecule has 1 unspecified atom stereocenters. The smallest absolute Gasteiger partial charge is 0.127 e. The van der Waals surface area contributed by atoms with Gasteiger partial charge in [-0.3, -0.25) is 4.90 Å². The maximum Gasteiger partial charge on any atom is 0.127 e. The lowest BCUT2D eigenvalue weighted by atomic mass is 9.86. The van der Waals surface area contributed by atoms with Crippen molar-refractivity contribution in [2.45, 2.75) is 71.5 Å². The van der Waals surface area contributed by atoms with Crippen molar-refractivity contribution in [1.82, 2.24) is 4.90 Å². The topological polar surface area (TPSA) is 12.5 Å². The molecule has 1 aromatic rings. The van der Waals surface area contributed by atoms with Crippen molar-refractivity contribution in [2.24, 2.45) is 0 Å². The molecule has 2 nitrogen and oxygen atoms in total. The molecule has 1 atom stereocenters. The van der Waals surface area contributed by atoms with E-state index in [1.807, 2.05) is 0 Å². The van der Waals surface area contributed by atoms with Crippen LogP contribution in [0.3, 0.4) is 0 Å². The van der Waals surface area contributed by atoms with Gasteiger partial charge in [-0.25, -0.2) is 4.39 Å². The van der Waals surface area contributed by atoms with Gasteiger partial charge in [0, 0.05) is 31.8 Å². The Morgan fingerprint density at radius 2 is 1.95 bits per heavy atom. The summed E-state index contributed by atoms with van der Waals surface area (Å²) in [6.07, 6.45) is 0. The lowest BCUT2D eigenvalue weighted by molar-refractivity contribution is -0.182. The summed E-state index contributed by atoms with van der Waals surface area (Å²) >= 11 is 0. The van der Waals surface area contributed by atoms with Gasteiger partial charge in [0.2, 0.25) is 0 Å². The molecular formula is C19H30FNO. The molecule has 0 N–H and O–H groups in total. The molecule has 3 heteroatoms. The van der Waals surface area contributed by atoms with Gasteiger partial charge in [0.05, 0.1) is 11.2 Å². The average Bonchev–Trinajstić information content (AvgIpc) is 2.49. The molecule has 1 saturated heterocycles. The third-order valence-electron chi connectivity index (χ3n) is 3.18. The molecule has 1 aliphatic rings. The van der Waals surface area contributed by atoms with Crippen LogP contribution in [0.4, 0.5) is 4.39 Å². The van der Waals surface area contributed by atoms with Crippen LogP contribution in [0.5, 0.6) is 0 Å². The van der Waals surface area contributed by atoms with Gasteiger partial charge >= 0.3 is 0 Å². The van der Waals surface area contributed by atoms with Crippen molar-refractivity contribution in [2.75, 3.05) is 13.0 Å². The highest BCUT2D eigenvalue weighted by molar-refractivity contribution is 5.29. The number of ether oxygens (including phenoxy) is 1. The van der Waals surface area contributed by atoms with E-state index in [0.29, 0.717) is 5.56 Å². The van der Waals surface area contributed by atoms with E-state index >= 15 is 0 Å². The predicted octanol–water partition coefficient (Wildman–Crippen LogP) is 4.51. The monoisotopic (exact) mass is 316 g/mol. The highest BCUT2D eigenvalue weighted by Crippen LogP contribution is 2.30. The van der Waals surface area contributed by atoms with Crippen LogP contribution in [0.2, 0.25) is 0 Å². The average molecular weight is 317 g/mol. The fraction of sp³-hybridized carbons (Fsp3) is 0.684. The first kappa shape index (κ1) is 8.79. The Labute approximate surface area is 147 Å². The first-order valence-corrected chi connectivity index (χ1v) is 7.26. The van der Waals surface area contributed by atoms with Crippen LogP contribution in [-0.2, 0) is 16.6 Å². The highest BCUT2D eigenvalue weighted by Gasteiger charge is 2.37.